The molecule has 26 heavy (non-hydrogen) atoms. The highest BCUT2D eigenvalue weighted by atomic mass is 32.2. The first-order valence-electron chi connectivity index (χ1n) is 7.94. The minimum atomic E-state index is -0.158. The number of hydrogen-bond acceptors (Lipinski definition) is 5. The van der Waals surface area contributed by atoms with Gasteiger partial charge in [0.25, 0.3) is 0 Å². The van der Waals surface area contributed by atoms with Gasteiger partial charge >= 0.3 is 0 Å². The Bertz CT molecular complexity index is 907. The lowest BCUT2D eigenvalue weighted by molar-refractivity contribution is -0.113. The number of benzene rings is 2. The second-order valence-electron chi connectivity index (χ2n) is 5.60. The fourth-order valence-corrected chi connectivity index (χ4v) is 3.22. The van der Waals surface area contributed by atoms with Crippen molar-refractivity contribution in [3.05, 3.63) is 54.7 Å². The second-order valence-corrected chi connectivity index (χ2v) is 6.54. The number of carbonyl (C=O) groups is 1. The van der Waals surface area contributed by atoms with Gasteiger partial charge in [0, 0.05) is 24.4 Å². The van der Waals surface area contributed by atoms with Crippen LogP contribution in [-0.4, -0.2) is 33.4 Å². The Balaban J connectivity index is 1.63. The Morgan fingerprint density at radius 1 is 1.27 bits per heavy atom. The number of nitrogens with one attached hydrogen (secondary N) is 1. The minimum Gasteiger partial charge on any atom is -0.508 e. The van der Waals surface area contributed by atoms with Crippen LogP contribution < -0.4 is 10.1 Å². The summed E-state index contributed by atoms with van der Waals surface area (Å²) in [5, 5.41) is 12.9. The topological polar surface area (TPSA) is 76.4 Å². The number of hydrogen-bond donors (Lipinski definition) is 2. The number of anilines is 1. The Kier molecular flexibility index (Phi) is 5.48. The van der Waals surface area contributed by atoms with E-state index in [1.807, 2.05) is 35.9 Å². The molecule has 0 fully saturated rings. The molecule has 2 aromatic carbocycles. The van der Waals surface area contributed by atoms with Crippen LogP contribution in [0, 0.1) is 0 Å². The molecule has 1 aromatic heterocycles. The zero-order valence-electron chi connectivity index (χ0n) is 14.5. The summed E-state index contributed by atoms with van der Waals surface area (Å²) in [6, 6.07) is 14.2. The van der Waals surface area contributed by atoms with Crippen LogP contribution in [-0.2, 0) is 11.8 Å². The van der Waals surface area contributed by atoms with Crippen molar-refractivity contribution in [1.29, 1.82) is 0 Å². The summed E-state index contributed by atoms with van der Waals surface area (Å²) in [5.74, 6) is 0.982. The van der Waals surface area contributed by atoms with Crippen LogP contribution in [0.2, 0.25) is 0 Å². The zero-order valence-corrected chi connectivity index (χ0v) is 15.3. The van der Waals surface area contributed by atoms with E-state index in [-0.39, 0.29) is 17.4 Å². The number of carbonyl (C=O) groups excluding carboxylic acids is 1. The van der Waals surface area contributed by atoms with Gasteiger partial charge in [0.05, 0.1) is 24.8 Å². The third kappa shape index (κ3) is 4.18. The van der Waals surface area contributed by atoms with Crippen LogP contribution in [0.25, 0.3) is 11.3 Å². The molecule has 134 valence electrons. The summed E-state index contributed by atoms with van der Waals surface area (Å²) >= 11 is 1.35. The number of phenolic OH excluding ortho intramolecular Hbond substituents is 1. The van der Waals surface area contributed by atoms with Gasteiger partial charge in [-0.15, -0.1) is 0 Å². The van der Waals surface area contributed by atoms with Crippen molar-refractivity contribution in [2.24, 2.45) is 7.05 Å². The van der Waals surface area contributed by atoms with E-state index < -0.39 is 0 Å². The number of thioether (sulfide) groups is 1. The molecular weight excluding hydrogens is 350 g/mol. The predicted molar refractivity (Wildman–Crippen MR) is 103 cm³/mol. The molecule has 1 amide bonds. The van der Waals surface area contributed by atoms with Crippen LogP contribution >= 0.6 is 11.8 Å². The summed E-state index contributed by atoms with van der Waals surface area (Å²) in [6.45, 7) is 0. The molecule has 0 saturated carbocycles. The smallest absolute Gasteiger partial charge is 0.234 e. The van der Waals surface area contributed by atoms with Gasteiger partial charge < -0.3 is 19.7 Å². The molecule has 0 aliphatic heterocycles. The van der Waals surface area contributed by atoms with E-state index in [2.05, 4.69) is 10.3 Å². The van der Waals surface area contributed by atoms with Gasteiger partial charge in [0.1, 0.15) is 11.5 Å². The highest BCUT2D eigenvalue weighted by Crippen LogP contribution is 2.26. The molecule has 0 radical (unpaired) electrons. The SMILES string of the molecule is COc1ccc(-c2cnc(SCC(=O)Nc3cccc(O)c3)n2C)cc1. The van der Waals surface area contributed by atoms with E-state index in [4.69, 9.17) is 4.74 Å². The number of amides is 1. The highest BCUT2D eigenvalue weighted by Gasteiger charge is 2.11. The molecule has 0 unspecified atom stereocenters. The third-order valence-corrected chi connectivity index (χ3v) is 4.84. The van der Waals surface area contributed by atoms with Crippen molar-refractivity contribution < 1.29 is 14.6 Å². The molecule has 3 aromatic rings. The largest absolute Gasteiger partial charge is 0.508 e. The van der Waals surface area contributed by atoms with Crippen molar-refractivity contribution in [3.63, 3.8) is 0 Å². The number of imidazole rings is 1. The molecule has 0 spiro atoms. The van der Waals surface area contributed by atoms with Crippen molar-refractivity contribution in [1.82, 2.24) is 9.55 Å². The molecule has 1 heterocycles. The van der Waals surface area contributed by atoms with Gasteiger partial charge in [0.2, 0.25) is 5.91 Å². The molecule has 0 saturated heterocycles. The lowest BCUT2D eigenvalue weighted by atomic mass is 10.1. The quantitative estimate of drug-likeness (QED) is 0.650. The number of aromatic hydroxyl groups is 1. The Morgan fingerprint density at radius 2 is 2.04 bits per heavy atom. The fraction of sp³-hybridized carbons (Fsp3) is 0.158. The zero-order chi connectivity index (χ0) is 18.5. The summed E-state index contributed by atoms with van der Waals surface area (Å²) in [5.41, 5.74) is 2.55. The average molecular weight is 369 g/mol. The Morgan fingerprint density at radius 3 is 2.73 bits per heavy atom. The normalized spacial score (nSPS) is 10.5. The maximum atomic E-state index is 12.1. The predicted octanol–water partition coefficient (Wildman–Crippen LogP) is 3.53. The van der Waals surface area contributed by atoms with Crippen molar-refractivity contribution in [2.75, 3.05) is 18.2 Å². The summed E-state index contributed by atoms with van der Waals surface area (Å²) in [6.07, 6.45) is 1.79. The molecule has 3 rings (SSSR count). The van der Waals surface area contributed by atoms with Crippen molar-refractivity contribution in [3.8, 4) is 22.8 Å². The first-order valence-corrected chi connectivity index (χ1v) is 8.93. The van der Waals surface area contributed by atoms with Gasteiger partial charge in [-0.25, -0.2) is 4.98 Å². The van der Waals surface area contributed by atoms with E-state index >= 15 is 0 Å². The molecule has 6 nitrogen and oxygen atoms in total. The number of rotatable bonds is 6. The lowest BCUT2D eigenvalue weighted by Gasteiger charge is -2.07. The van der Waals surface area contributed by atoms with E-state index in [0.29, 0.717) is 5.69 Å². The first kappa shape index (κ1) is 17.9. The molecule has 0 bridgehead atoms. The number of ether oxygens (including phenoxy) is 1. The number of methoxy groups -OCH3 is 1. The summed E-state index contributed by atoms with van der Waals surface area (Å²) in [4.78, 5) is 16.5. The first-order chi connectivity index (χ1) is 12.6. The maximum Gasteiger partial charge on any atom is 0.234 e. The molecular formula is C19H19N3O3S. The number of phenols is 1. The fourth-order valence-electron chi connectivity index (χ4n) is 2.47. The second kappa shape index (κ2) is 7.97. The Labute approximate surface area is 155 Å². The number of nitrogens with zero attached hydrogens (tertiary/aromatic N) is 2. The standard InChI is InChI=1S/C19H19N3O3S/c1-22-17(13-6-8-16(25-2)9-7-13)11-20-19(22)26-12-18(24)21-14-4-3-5-15(23)10-14/h3-11,23H,12H2,1-2H3,(H,21,24). The van der Waals surface area contributed by atoms with Crippen LogP contribution in [0.5, 0.6) is 11.5 Å². The molecule has 0 atom stereocenters. The lowest BCUT2D eigenvalue weighted by Crippen LogP contribution is -2.14. The van der Waals surface area contributed by atoms with E-state index in [1.54, 1.807) is 31.5 Å². The van der Waals surface area contributed by atoms with Gasteiger partial charge in [-0.2, -0.15) is 0 Å². The Hall–Kier alpha value is -2.93. The summed E-state index contributed by atoms with van der Waals surface area (Å²) in [7, 11) is 3.55. The van der Waals surface area contributed by atoms with Crippen LogP contribution in [0.3, 0.4) is 0 Å². The van der Waals surface area contributed by atoms with E-state index in [9.17, 15) is 9.90 Å². The molecule has 2 N–H and O–H groups in total. The molecule has 0 aliphatic carbocycles. The van der Waals surface area contributed by atoms with E-state index in [0.717, 1.165) is 22.2 Å². The van der Waals surface area contributed by atoms with Gasteiger partial charge in [-0.1, -0.05) is 17.8 Å². The summed E-state index contributed by atoms with van der Waals surface area (Å²) < 4.78 is 7.13. The maximum absolute atomic E-state index is 12.1. The third-order valence-electron chi connectivity index (χ3n) is 3.79. The molecule has 7 heteroatoms. The number of aromatic nitrogens is 2. The van der Waals surface area contributed by atoms with Gasteiger partial charge in [-0.05, 0) is 36.4 Å². The highest BCUT2D eigenvalue weighted by molar-refractivity contribution is 7.99. The van der Waals surface area contributed by atoms with Crippen LogP contribution in [0.1, 0.15) is 0 Å². The van der Waals surface area contributed by atoms with Gasteiger partial charge in [-0.3, -0.25) is 4.79 Å². The average Bonchev–Trinajstić information content (AvgIpc) is 3.01. The van der Waals surface area contributed by atoms with E-state index in [1.165, 1.54) is 17.8 Å². The van der Waals surface area contributed by atoms with Crippen LogP contribution in [0.4, 0.5) is 5.69 Å². The van der Waals surface area contributed by atoms with Crippen LogP contribution in [0.15, 0.2) is 59.9 Å². The van der Waals surface area contributed by atoms with Gasteiger partial charge in [0.15, 0.2) is 5.16 Å². The van der Waals surface area contributed by atoms with Crippen molar-refractivity contribution >= 4 is 23.4 Å². The monoisotopic (exact) mass is 369 g/mol. The van der Waals surface area contributed by atoms with Crippen molar-refractivity contribution in [2.45, 2.75) is 5.16 Å². The molecule has 0 aliphatic rings. The minimum absolute atomic E-state index is 0.115.